The zero-order valence-electron chi connectivity index (χ0n) is 14.9. The summed E-state index contributed by atoms with van der Waals surface area (Å²) in [6, 6.07) is 0.548. The second kappa shape index (κ2) is 12.7. The average molecular weight is 313 g/mol. The first-order chi connectivity index (χ1) is 10.8. The lowest BCUT2D eigenvalue weighted by molar-refractivity contribution is 0.138. The molecule has 0 atom stereocenters. The van der Waals surface area contributed by atoms with E-state index < -0.39 is 0 Å². The van der Waals surface area contributed by atoms with Gasteiger partial charge in [-0.25, -0.2) is 0 Å². The van der Waals surface area contributed by atoms with Crippen LogP contribution >= 0.6 is 0 Å². The van der Waals surface area contributed by atoms with Gasteiger partial charge in [0.05, 0.1) is 13.2 Å². The quantitative estimate of drug-likeness (QED) is 0.369. The Kier molecular flexibility index (Phi) is 11.1. The molecule has 1 saturated heterocycles. The van der Waals surface area contributed by atoms with Gasteiger partial charge in [-0.05, 0) is 39.2 Å². The molecule has 1 aliphatic heterocycles. The molecule has 0 radical (unpaired) electrons. The third-order valence-corrected chi connectivity index (χ3v) is 3.96. The molecule has 2 N–H and O–H groups in total. The maximum absolute atomic E-state index is 5.56. The van der Waals surface area contributed by atoms with E-state index in [9.17, 15) is 0 Å². The van der Waals surface area contributed by atoms with E-state index in [1.165, 1.54) is 45.3 Å². The molecule has 5 nitrogen and oxygen atoms in total. The van der Waals surface area contributed by atoms with Crippen LogP contribution in [0.25, 0.3) is 0 Å². The average Bonchev–Trinajstić information content (AvgIpc) is 2.53. The van der Waals surface area contributed by atoms with E-state index in [-0.39, 0.29) is 0 Å². The van der Waals surface area contributed by atoms with Crippen molar-refractivity contribution in [3.63, 3.8) is 0 Å². The van der Waals surface area contributed by atoms with Gasteiger partial charge in [-0.15, -0.1) is 0 Å². The summed E-state index contributed by atoms with van der Waals surface area (Å²) in [6.45, 7) is 13.4. The highest BCUT2D eigenvalue weighted by Crippen LogP contribution is 2.10. The Bertz CT molecular complexity index is 288. The van der Waals surface area contributed by atoms with E-state index in [1.807, 2.05) is 0 Å². The van der Waals surface area contributed by atoms with E-state index in [0.717, 1.165) is 32.1 Å². The van der Waals surface area contributed by atoms with Crippen LogP contribution in [0.4, 0.5) is 0 Å². The van der Waals surface area contributed by atoms with Gasteiger partial charge in [0, 0.05) is 32.3 Å². The fraction of sp³-hybridized carbons (Fsp3) is 0.941. The predicted octanol–water partition coefficient (Wildman–Crippen LogP) is 2.23. The zero-order valence-corrected chi connectivity index (χ0v) is 14.9. The fourth-order valence-corrected chi connectivity index (χ4v) is 2.70. The molecule has 0 bridgehead atoms. The molecule has 0 aromatic heterocycles. The van der Waals surface area contributed by atoms with Crippen molar-refractivity contribution in [3.8, 4) is 0 Å². The van der Waals surface area contributed by atoms with Gasteiger partial charge in [0.15, 0.2) is 5.96 Å². The Morgan fingerprint density at radius 2 is 1.91 bits per heavy atom. The summed E-state index contributed by atoms with van der Waals surface area (Å²) in [4.78, 5) is 7.18. The molecular formula is C17H36N4O. The molecule has 22 heavy (non-hydrogen) atoms. The maximum Gasteiger partial charge on any atom is 0.191 e. The van der Waals surface area contributed by atoms with E-state index in [2.05, 4.69) is 41.3 Å². The van der Waals surface area contributed by atoms with Crippen molar-refractivity contribution in [1.29, 1.82) is 0 Å². The minimum absolute atomic E-state index is 0.548. The van der Waals surface area contributed by atoms with E-state index in [0.29, 0.717) is 12.6 Å². The lowest BCUT2D eigenvalue weighted by Gasteiger charge is -2.32. The largest absolute Gasteiger partial charge is 0.380 e. The Morgan fingerprint density at radius 1 is 1.14 bits per heavy atom. The Labute approximate surface area is 136 Å². The van der Waals surface area contributed by atoms with Crippen LogP contribution in [-0.2, 0) is 4.74 Å². The first kappa shape index (κ1) is 19.2. The summed E-state index contributed by atoms with van der Waals surface area (Å²) < 4.78 is 5.56. The van der Waals surface area contributed by atoms with E-state index in [1.54, 1.807) is 0 Å². The molecule has 1 rings (SSSR count). The van der Waals surface area contributed by atoms with Gasteiger partial charge < -0.3 is 20.3 Å². The Hall–Kier alpha value is -0.810. The van der Waals surface area contributed by atoms with Crippen molar-refractivity contribution in [2.45, 2.75) is 58.9 Å². The normalized spacial score (nSPS) is 17.7. The van der Waals surface area contributed by atoms with Crippen LogP contribution in [0.2, 0.25) is 0 Å². The topological polar surface area (TPSA) is 48.9 Å². The summed E-state index contributed by atoms with van der Waals surface area (Å²) in [5, 5.41) is 6.92. The van der Waals surface area contributed by atoms with Crippen molar-refractivity contribution < 1.29 is 4.74 Å². The third-order valence-electron chi connectivity index (χ3n) is 3.96. The summed E-state index contributed by atoms with van der Waals surface area (Å²) in [7, 11) is 0. The number of nitrogens with zero attached hydrogens (tertiary/aromatic N) is 2. The number of aliphatic imine (C=N–C) groups is 1. The van der Waals surface area contributed by atoms with Crippen LogP contribution in [0, 0.1) is 0 Å². The first-order valence-corrected chi connectivity index (χ1v) is 9.15. The molecular weight excluding hydrogens is 276 g/mol. The van der Waals surface area contributed by atoms with Gasteiger partial charge in [-0.2, -0.15) is 0 Å². The van der Waals surface area contributed by atoms with Gasteiger partial charge in [-0.3, -0.25) is 4.99 Å². The molecule has 1 fully saturated rings. The van der Waals surface area contributed by atoms with Gasteiger partial charge in [0.2, 0.25) is 0 Å². The highest BCUT2D eigenvalue weighted by molar-refractivity contribution is 5.80. The molecule has 0 unspecified atom stereocenters. The minimum atomic E-state index is 0.548. The van der Waals surface area contributed by atoms with Crippen LogP contribution in [0.15, 0.2) is 4.99 Å². The van der Waals surface area contributed by atoms with Gasteiger partial charge >= 0.3 is 0 Å². The smallest absolute Gasteiger partial charge is 0.191 e. The second-order valence-electron chi connectivity index (χ2n) is 5.99. The SMILES string of the molecule is CCCCOCCN=C(NCC)NC1CCN(CCC)CC1. The summed E-state index contributed by atoms with van der Waals surface area (Å²) in [6.07, 6.45) is 5.98. The number of guanidine groups is 1. The molecule has 0 saturated carbocycles. The van der Waals surface area contributed by atoms with E-state index >= 15 is 0 Å². The second-order valence-corrected chi connectivity index (χ2v) is 5.99. The molecule has 0 spiro atoms. The summed E-state index contributed by atoms with van der Waals surface area (Å²) in [5.41, 5.74) is 0. The number of hydrogen-bond donors (Lipinski definition) is 2. The number of ether oxygens (including phenoxy) is 1. The fourth-order valence-electron chi connectivity index (χ4n) is 2.70. The lowest BCUT2D eigenvalue weighted by Crippen LogP contribution is -2.48. The molecule has 0 aromatic rings. The summed E-state index contributed by atoms with van der Waals surface area (Å²) >= 11 is 0. The number of piperidine rings is 1. The lowest BCUT2D eigenvalue weighted by atomic mass is 10.1. The molecule has 0 aromatic carbocycles. The van der Waals surface area contributed by atoms with Gasteiger partial charge in [-0.1, -0.05) is 20.3 Å². The van der Waals surface area contributed by atoms with Crippen molar-refractivity contribution in [3.05, 3.63) is 0 Å². The molecule has 1 heterocycles. The Morgan fingerprint density at radius 3 is 2.55 bits per heavy atom. The molecule has 130 valence electrons. The predicted molar refractivity (Wildman–Crippen MR) is 94.6 cm³/mol. The first-order valence-electron chi connectivity index (χ1n) is 9.15. The van der Waals surface area contributed by atoms with Crippen LogP contribution < -0.4 is 10.6 Å². The summed E-state index contributed by atoms with van der Waals surface area (Å²) in [5.74, 6) is 0.940. The molecule has 0 amide bonds. The van der Waals surface area contributed by atoms with Crippen LogP contribution in [0.5, 0.6) is 0 Å². The van der Waals surface area contributed by atoms with Crippen molar-refractivity contribution >= 4 is 5.96 Å². The van der Waals surface area contributed by atoms with Crippen molar-refractivity contribution in [1.82, 2.24) is 15.5 Å². The number of hydrogen-bond acceptors (Lipinski definition) is 3. The van der Waals surface area contributed by atoms with Crippen LogP contribution in [0.3, 0.4) is 0 Å². The van der Waals surface area contributed by atoms with Crippen molar-refractivity contribution in [2.75, 3.05) is 45.9 Å². The molecule has 1 aliphatic rings. The zero-order chi connectivity index (χ0) is 16.0. The molecule has 0 aliphatic carbocycles. The van der Waals surface area contributed by atoms with Crippen molar-refractivity contribution in [2.24, 2.45) is 4.99 Å². The third kappa shape index (κ3) is 8.59. The maximum atomic E-state index is 5.56. The molecule has 5 heteroatoms. The minimum Gasteiger partial charge on any atom is -0.380 e. The van der Waals surface area contributed by atoms with Gasteiger partial charge in [0.25, 0.3) is 0 Å². The highest BCUT2D eigenvalue weighted by atomic mass is 16.5. The van der Waals surface area contributed by atoms with Crippen LogP contribution in [-0.4, -0.2) is 62.8 Å². The number of unbranched alkanes of at least 4 members (excludes halogenated alkanes) is 1. The highest BCUT2D eigenvalue weighted by Gasteiger charge is 2.19. The van der Waals surface area contributed by atoms with Crippen LogP contribution in [0.1, 0.15) is 52.9 Å². The van der Waals surface area contributed by atoms with Gasteiger partial charge in [0.1, 0.15) is 0 Å². The monoisotopic (exact) mass is 312 g/mol. The standard InChI is InChI=1S/C17H36N4O/c1-4-7-14-22-15-10-19-17(18-6-3)20-16-8-12-21(11-5-2)13-9-16/h16H,4-15H2,1-3H3,(H2,18,19,20). The van der Waals surface area contributed by atoms with E-state index in [4.69, 9.17) is 4.74 Å². The number of nitrogens with one attached hydrogen (secondary N) is 2. The Balaban J connectivity index is 2.25. The number of rotatable bonds is 10. The number of likely N-dealkylation sites (tertiary alicyclic amines) is 1.